The zero-order valence-electron chi connectivity index (χ0n) is 15.8. The van der Waals surface area contributed by atoms with Crippen molar-refractivity contribution in [1.29, 1.82) is 5.26 Å². The molecule has 2 atom stereocenters. The number of aromatic nitrogens is 1. The highest BCUT2D eigenvalue weighted by Crippen LogP contribution is 2.29. The summed E-state index contributed by atoms with van der Waals surface area (Å²) in [5.41, 5.74) is 3.84. The van der Waals surface area contributed by atoms with Gasteiger partial charge in [-0.2, -0.15) is 5.26 Å². The second-order valence-electron chi connectivity index (χ2n) is 6.72. The minimum atomic E-state index is -1.77. The van der Waals surface area contributed by atoms with Crippen LogP contribution in [0, 0.1) is 11.3 Å². The predicted octanol–water partition coefficient (Wildman–Crippen LogP) is 2.72. The summed E-state index contributed by atoms with van der Waals surface area (Å²) in [5, 5.41) is 23.2. The van der Waals surface area contributed by atoms with Crippen molar-refractivity contribution >= 4 is 17.3 Å². The minimum absolute atomic E-state index is 0.354. The van der Waals surface area contributed by atoms with Crippen molar-refractivity contribution in [3.05, 3.63) is 102 Å². The van der Waals surface area contributed by atoms with Crippen LogP contribution in [-0.4, -0.2) is 22.1 Å². The Morgan fingerprint density at radius 2 is 1.83 bits per heavy atom. The van der Waals surface area contributed by atoms with E-state index in [2.05, 4.69) is 15.8 Å². The summed E-state index contributed by atoms with van der Waals surface area (Å²) in [7, 11) is 0. The SMILES string of the molecule is N#CC(O)(c1ccccc1)c1ccc(NC(=O)C2C=C(c3cccnc3)NO2)cc1. The summed E-state index contributed by atoms with van der Waals surface area (Å²) in [6, 6.07) is 20.8. The third-order valence-corrected chi connectivity index (χ3v) is 4.77. The van der Waals surface area contributed by atoms with Crippen LogP contribution in [0.2, 0.25) is 0 Å². The normalized spacial score (nSPS) is 17.2. The summed E-state index contributed by atoms with van der Waals surface area (Å²) in [6.45, 7) is 0. The second-order valence-corrected chi connectivity index (χ2v) is 6.72. The fourth-order valence-corrected chi connectivity index (χ4v) is 3.14. The summed E-state index contributed by atoms with van der Waals surface area (Å²) in [4.78, 5) is 21.9. The maximum atomic E-state index is 12.5. The number of rotatable bonds is 5. The molecule has 0 saturated carbocycles. The average Bonchev–Trinajstić information content (AvgIpc) is 3.31. The molecule has 0 spiro atoms. The molecule has 1 amide bonds. The van der Waals surface area contributed by atoms with Gasteiger partial charge in [0.1, 0.15) is 6.07 Å². The van der Waals surface area contributed by atoms with Crippen molar-refractivity contribution < 1.29 is 14.7 Å². The molecule has 30 heavy (non-hydrogen) atoms. The molecule has 7 heteroatoms. The van der Waals surface area contributed by atoms with E-state index in [1.807, 2.05) is 18.2 Å². The number of hydroxylamine groups is 1. The first kappa shape index (κ1) is 19.3. The van der Waals surface area contributed by atoms with Gasteiger partial charge in [0.25, 0.3) is 5.91 Å². The molecule has 4 rings (SSSR count). The van der Waals surface area contributed by atoms with E-state index in [4.69, 9.17) is 4.84 Å². The van der Waals surface area contributed by atoms with Crippen LogP contribution in [0.5, 0.6) is 0 Å². The first-order valence-electron chi connectivity index (χ1n) is 9.24. The molecular weight excluding hydrogens is 380 g/mol. The zero-order chi connectivity index (χ0) is 21.0. The first-order chi connectivity index (χ1) is 14.6. The topological polar surface area (TPSA) is 107 Å². The number of hydrogen-bond donors (Lipinski definition) is 3. The third kappa shape index (κ3) is 3.78. The average molecular weight is 398 g/mol. The molecule has 0 aliphatic carbocycles. The molecule has 148 valence electrons. The summed E-state index contributed by atoms with van der Waals surface area (Å²) in [5.74, 6) is -0.354. The van der Waals surface area contributed by atoms with E-state index in [0.717, 1.165) is 5.56 Å². The molecule has 1 aliphatic heterocycles. The van der Waals surface area contributed by atoms with Gasteiger partial charge in [0.2, 0.25) is 5.60 Å². The highest BCUT2D eigenvalue weighted by Gasteiger charge is 2.31. The van der Waals surface area contributed by atoms with Gasteiger partial charge in [-0.1, -0.05) is 42.5 Å². The lowest BCUT2D eigenvalue weighted by molar-refractivity contribution is -0.125. The number of benzene rings is 2. The van der Waals surface area contributed by atoms with Crippen molar-refractivity contribution in [3.8, 4) is 6.07 Å². The van der Waals surface area contributed by atoms with Crippen LogP contribution >= 0.6 is 0 Å². The van der Waals surface area contributed by atoms with Gasteiger partial charge < -0.3 is 10.4 Å². The van der Waals surface area contributed by atoms with Crippen LogP contribution in [0.3, 0.4) is 0 Å². The molecular formula is C23H18N4O3. The van der Waals surface area contributed by atoms with Crippen LogP contribution in [0.1, 0.15) is 16.7 Å². The largest absolute Gasteiger partial charge is 0.368 e. The van der Waals surface area contributed by atoms with Gasteiger partial charge in [-0.3, -0.25) is 20.1 Å². The van der Waals surface area contributed by atoms with Gasteiger partial charge in [-0.15, -0.1) is 0 Å². The second kappa shape index (κ2) is 8.17. The van der Waals surface area contributed by atoms with Crippen LogP contribution in [-0.2, 0) is 15.2 Å². The Labute approximate surface area is 173 Å². The van der Waals surface area contributed by atoms with Crippen molar-refractivity contribution in [2.75, 3.05) is 5.32 Å². The number of carbonyl (C=O) groups is 1. The molecule has 0 fully saturated rings. The number of hydrogen-bond acceptors (Lipinski definition) is 6. The van der Waals surface area contributed by atoms with Gasteiger partial charge in [-0.05, 0) is 30.3 Å². The van der Waals surface area contributed by atoms with Crippen LogP contribution < -0.4 is 10.8 Å². The zero-order valence-corrected chi connectivity index (χ0v) is 15.8. The number of anilines is 1. The van der Waals surface area contributed by atoms with E-state index >= 15 is 0 Å². The van der Waals surface area contributed by atoms with Crippen molar-refractivity contribution in [3.63, 3.8) is 0 Å². The molecule has 1 aliphatic rings. The van der Waals surface area contributed by atoms with Gasteiger partial charge in [0, 0.05) is 34.8 Å². The maximum Gasteiger partial charge on any atom is 0.260 e. The smallest absolute Gasteiger partial charge is 0.260 e. The number of nitriles is 1. The summed E-state index contributed by atoms with van der Waals surface area (Å²) < 4.78 is 0. The molecule has 2 aromatic carbocycles. The molecule has 3 N–H and O–H groups in total. The van der Waals surface area contributed by atoms with Crippen molar-refractivity contribution in [2.45, 2.75) is 11.7 Å². The quantitative estimate of drug-likeness (QED) is 0.571. The standard InChI is InChI=1S/C23H18N4O3/c24-15-23(29,17-6-2-1-3-7-17)18-8-10-19(11-9-18)26-22(28)21-13-20(27-30-21)16-5-4-12-25-14-16/h1-14,21,27,29H,(H,26,28). The van der Waals surface area contributed by atoms with Crippen molar-refractivity contribution in [1.82, 2.24) is 10.5 Å². The van der Waals surface area contributed by atoms with Gasteiger partial charge >= 0.3 is 0 Å². The van der Waals surface area contributed by atoms with Crippen LogP contribution in [0.15, 0.2) is 85.2 Å². The third-order valence-electron chi connectivity index (χ3n) is 4.77. The molecule has 0 radical (unpaired) electrons. The number of amides is 1. The fourth-order valence-electron chi connectivity index (χ4n) is 3.14. The molecule has 0 saturated heterocycles. The molecule has 7 nitrogen and oxygen atoms in total. The van der Waals surface area contributed by atoms with E-state index in [9.17, 15) is 15.2 Å². The Kier molecular flexibility index (Phi) is 5.26. The lowest BCUT2D eigenvalue weighted by Gasteiger charge is -2.21. The first-order valence-corrected chi connectivity index (χ1v) is 9.24. The lowest BCUT2D eigenvalue weighted by Crippen LogP contribution is -2.28. The number of pyridine rings is 1. The highest BCUT2D eigenvalue weighted by molar-refractivity contribution is 5.97. The Morgan fingerprint density at radius 1 is 1.10 bits per heavy atom. The fraction of sp³-hybridized carbons (Fsp3) is 0.0870. The molecule has 3 aromatic rings. The van der Waals surface area contributed by atoms with E-state index in [1.54, 1.807) is 73.1 Å². The monoisotopic (exact) mass is 398 g/mol. The van der Waals surface area contributed by atoms with Crippen LogP contribution in [0.4, 0.5) is 5.69 Å². The van der Waals surface area contributed by atoms with Crippen LogP contribution in [0.25, 0.3) is 5.70 Å². The molecule has 2 unspecified atom stereocenters. The predicted molar refractivity (Wildman–Crippen MR) is 110 cm³/mol. The van der Waals surface area contributed by atoms with Crippen molar-refractivity contribution in [2.24, 2.45) is 0 Å². The van der Waals surface area contributed by atoms with E-state index in [1.165, 1.54) is 0 Å². The Bertz CT molecular complexity index is 1110. The summed E-state index contributed by atoms with van der Waals surface area (Å²) >= 11 is 0. The number of aliphatic hydroxyl groups is 1. The van der Waals surface area contributed by atoms with Gasteiger partial charge in [-0.25, -0.2) is 0 Å². The van der Waals surface area contributed by atoms with E-state index < -0.39 is 11.7 Å². The minimum Gasteiger partial charge on any atom is -0.368 e. The number of nitrogens with one attached hydrogen (secondary N) is 2. The Hall–Kier alpha value is -3.99. The Balaban J connectivity index is 1.47. The van der Waals surface area contributed by atoms with Gasteiger partial charge in [0.15, 0.2) is 6.10 Å². The molecule has 1 aromatic heterocycles. The van der Waals surface area contributed by atoms with E-state index in [0.29, 0.717) is 22.5 Å². The maximum absolute atomic E-state index is 12.5. The molecule has 2 heterocycles. The number of nitrogens with zero attached hydrogens (tertiary/aromatic N) is 2. The Morgan fingerprint density at radius 3 is 2.50 bits per heavy atom. The summed E-state index contributed by atoms with van der Waals surface area (Å²) in [6.07, 6.45) is 4.20. The number of carbonyl (C=O) groups excluding carboxylic acids is 1. The highest BCUT2D eigenvalue weighted by atomic mass is 16.7. The van der Waals surface area contributed by atoms with E-state index in [-0.39, 0.29) is 5.91 Å². The molecule has 0 bridgehead atoms. The van der Waals surface area contributed by atoms with Gasteiger partial charge in [0.05, 0.1) is 5.70 Å². The lowest BCUT2D eigenvalue weighted by atomic mass is 9.88.